The molecule has 45 heavy (non-hydrogen) atoms. The number of benzene rings is 4. The van der Waals surface area contributed by atoms with E-state index in [-0.39, 0.29) is 35.6 Å². The number of hydrogen-bond acceptors (Lipinski definition) is 4. The van der Waals surface area contributed by atoms with Crippen molar-refractivity contribution in [1.29, 1.82) is 0 Å². The average Bonchev–Trinajstić information content (AvgIpc) is 3.50. The van der Waals surface area contributed by atoms with E-state index in [0.717, 1.165) is 46.9 Å². The first-order valence-corrected chi connectivity index (χ1v) is 14.6. The number of carbonyl (C=O) groups is 2. The normalized spacial score (nSPS) is 12.8. The molecule has 0 atom stereocenters. The van der Waals surface area contributed by atoms with Crippen LogP contribution >= 0.6 is 0 Å². The van der Waals surface area contributed by atoms with Gasteiger partial charge in [-0.3, -0.25) is 4.79 Å². The van der Waals surface area contributed by atoms with E-state index in [1.54, 1.807) is 19.1 Å². The van der Waals surface area contributed by atoms with E-state index in [1.807, 2.05) is 25.1 Å². The van der Waals surface area contributed by atoms with Gasteiger partial charge in [0.2, 0.25) is 5.91 Å². The van der Waals surface area contributed by atoms with Crippen LogP contribution in [0.3, 0.4) is 0 Å². The topological polar surface area (TPSA) is 64.6 Å². The summed E-state index contributed by atoms with van der Waals surface area (Å²) >= 11 is 0. The minimum atomic E-state index is -0.827. The molecule has 0 radical (unpaired) electrons. The van der Waals surface area contributed by atoms with Crippen LogP contribution in [-0.2, 0) is 22.7 Å². The number of nitrogens with one attached hydrogen (secondary N) is 1. The smallest absolute Gasteiger partial charge is 0.338 e. The molecule has 0 aromatic heterocycles. The number of halogens is 4. The van der Waals surface area contributed by atoms with E-state index in [4.69, 9.17) is 9.47 Å². The fourth-order valence-corrected chi connectivity index (χ4v) is 5.27. The van der Waals surface area contributed by atoms with Crippen molar-refractivity contribution in [3.63, 3.8) is 0 Å². The Balaban J connectivity index is 1.49. The summed E-state index contributed by atoms with van der Waals surface area (Å²) in [6, 6.07) is 17.0. The number of aryl methyl sites for hydroxylation is 1. The van der Waals surface area contributed by atoms with E-state index >= 15 is 0 Å². The van der Waals surface area contributed by atoms with Gasteiger partial charge in [-0.1, -0.05) is 18.6 Å². The summed E-state index contributed by atoms with van der Waals surface area (Å²) < 4.78 is 66.6. The van der Waals surface area contributed by atoms with Gasteiger partial charge in [0.05, 0.1) is 5.56 Å². The zero-order valence-electron chi connectivity index (χ0n) is 24.8. The van der Waals surface area contributed by atoms with Gasteiger partial charge >= 0.3 is 5.97 Å². The van der Waals surface area contributed by atoms with Crippen molar-refractivity contribution in [3.05, 3.63) is 129 Å². The van der Waals surface area contributed by atoms with E-state index < -0.39 is 35.8 Å². The van der Waals surface area contributed by atoms with Gasteiger partial charge in [-0.25, -0.2) is 22.4 Å². The third-order valence-corrected chi connectivity index (χ3v) is 7.57. The number of anilines is 1. The van der Waals surface area contributed by atoms with Crippen LogP contribution in [0.2, 0.25) is 0 Å². The van der Waals surface area contributed by atoms with Crippen molar-refractivity contribution in [2.45, 2.75) is 52.7 Å². The predicted molar refractivity (Wildman–Crippen MR) is 163 cm³/mol. The largest absolute Gasteiger partial charge is 0.488 e. The summed E-state index contributed by atoms with van der Waals surface area (Å²) in [4.78, 5) is 25.5. The van der Waals surface area contributed by atoms with Crippen molar-refractivity contribution in [2.24, 2.45) is 0 Å². The van der Waals surface area contributed by atoms with Crippen LogP contribution in [0.25, 0.3) is 11.1 Å². The van der Waals surface area contributed by atoms with Gasteiger partial charge in [-0.2, -0.15) is 0 Å². The number of amides is 1. The molecule has 232 valence electrons. The summed E-state index contributed by atoms with van der Waals surface area (Å²) in [7, 11) is 0. The molecule has 0 spiro atoms. The van der Waals surface area contributed by atoms with Crippen LogP contribution in [0.1, 0.15) is 70.8 Å². The standard InChI is InChI=1S/C36H31F4NO4/c1-3-35(42)41-28-15-24(14-25(16-28)36(43)45-20-23-9-11-27(38)18-33(23)40)29-5-4-6-30(29)31-13-21(2)7-12-34(31)44-19-22-8-10-26(37)17-32(22)39/h7-18H,3-6,19-20H2,1-2H3,(H,41,42). The Kier molecular flexibility index (Phi) is 9.66. The van der Waals surface area contributed by atoms with Crippen molar-refractivity contribution >= 4 is 28.7 Å². The molecule has 0 heterocycles. The van der Waals surface area contributed by atoms with Gasteiger partial charge in [0.15, 0.2) is 0 Å². The Morgan fingerprint density at radius 2 is 1.44 bits per heavy atom. The summed E-state index contributed by atoms with van der Waals surface area (Å²) in [6.45, 7) is 3.15. The van der Waals surface area contributed by atoms with Crippen molar-refractivity contribution in [1.82, 2.24) is 0 Å². The zero-order chi connectivity index (χ0) is 32.1. The van der Waals surface area contributed by atoms with E-state index in [2.05, 4.69) is 5.32 Å². The van der Waals surface area contributed by atoms with Crippen LogP contribution < -0.4 is 10.1 Å². The van der Waals surface area contributed by atoms with Crippen LogP contribution in [0.4, 0.5) is 23.2 Å². The summed E-state index contributed by atoms with van der Waals surface area (Å²) in [6.07, 6.45) is 2.42. The zero-order valence-corrected chi connectivity index (χ0v) is 24.8. The third-order valence-electron chi connectivity index (χ3n) is 7.57. The predicted octanol–water partition coefficient (Wildman–Crippen LogP) is 8.93. The minimum absolute atomic E-state index is 0.0219. The van der Waals surface area contributed by atoms with E-state index in [0.29, 0.717) is 29.8 Å². The lowest BCUT2D eigenvalue weighted by atomic mass is 9.94. The van der Waals surface area contributed by atoms with Crippen molar-refractivity contribution in [3.8, 4) is 5.75 Å². The second-order valence-corrected chi connectivity index (χ2v) is 10.8. The molecule has 5 rings (SSSR count). The first-order chi connectivity index (χ1) is 21.6. The number of allylic oxidation sites excluding steroid dienone is 2. The molecule has 0 unspecified atom stereocenters. The first kappa shape index (κ1) is 31.5. The molecule has 9 heteroatoms. The van der Waals surface area contributed by atoms with E-state index in [1.165, 1.54) is 24.3 Å². The van der Waals surface area contributed by atoms with Gasteiger partial charge in [-0.15, -0.1) is 0 Å². The third kappa shape index (κ3) is 7.60. The highest BCUT2D eigenvalue weighted by Gasteiger charge is 2.23. The molecule has 0 bridgehead atoms. The van der Waals surface area contributed by atoms with Gasteiger partial charge in [0.25, 0.3) is 0 Å². The van der Waals surface area contributed by atoms with Crippen LogP contribution in [0, 0.1) is 30.2 Å². The van der Waals surface area contributed by atoms with Crippen LogP contribution in [0.5, 0.6) is 5.75 Å². The molecule has 4 aromatic rings. The average molecular weight is 618 g/mol. The summed E-state index contributed by atoms with van der Waals surface area (Å²) in [5.41, 5.74) is 5.16. The Hall–Kier alpha value is -4.92. The second-order valence-electron chi connectivity index (χ2n) is 10.8. The summed E-state index contributed by atoms with van der Waals surface area (Å²) in [5, 5.41) is 2.80. The number of esters is 1. The van der Waals surface area contributed by atoms with Gasteiger partial charge in [-0.05, 0) is 97.5 Å². The Morgan fingerprint density at radius 3 is 2.11 bits per heavy atom. The number of carbonyl (C=O) groups excluding carboxylic acids is 2. The maximum Gasteiger partial charge on any atom is 0.338 e. The molecule has 0 saturated carbocycles. The number of rotatable bonds is 10. The van der Waals surface area contributed by atoms with E-state index in [9.17, 15) is 27.2 Å². The first-order valence-electron chi connectivity index (χ1n) is 14.6. The highest BCUT2D eigenvalue weighted by molar-refractivity contribution is 5.99. The lowest BCUT2D eigenvalue weighted by Crippen LogP contribution is -2.12. The van der Waals surface area contributed by atoms with Gasteiger partial charge < -0.3 is 14.8 Å². The summed E-state index contributed by atoms with van der Waals surface area (Å²) in [5.74, 6) is -3.40. The lowest BCUT2D eigenvalue weighted by Gasteiger charge is -2.17. The molecule has 1 aliphatic rings. The maximum atomic E-state index is 14.3. The number of hydrogen-bond donors (Lipinski definition) is 1. The Bertz CT molecular complexity index is 1800. The Labute approximate surface area is 258 Å². The molecule has 1 N–H and O–H groups in total. The van der Waals surface area contributed by atoms with Crippen molar-refractivity contribution < 1.29 is 36.6 Å². The number of ether oxygens (including phenoxy) is 2. The van der Waals surface area contributed by atoms with Crippen molar-refractivity contribution in [2.75, 3.05) is 5.32 Å². The van der Waals surface area contributed by atoms with Crippen LogP contribution in [0.15, 0.2) is 72.8 Å². The minimum Gasteiger partial charge on any atom is -0.488 e. The maximum absolute atomic E-state index is 14.3. The molecular formula is C36H31F4NO4. The molecule has 0 saturated heterocycles. The highest BCUT2D eigenvalue weighted by atomic mass is 19.1. The SMILES string of the molecule is CCC(=O)Nc1cc(C(=O)OCc2ccc(F)cc2F)cc(C2=C(c3cc(C)ccc3OCc3ccc(F)cc3F)CCC2)c1. The van der Waals surface area contributed by atoms with Crippen LogP contribution in [-0.4, -0.2) is 11.9 Å². The lowest BCUT2D eigenvalue weighted by molar-refractivity contribution is -0.115. The Morgan fingerprint density at radius 1 is 0.778 bits per heavy atom. The monoisotopic (exact) mass is 617 g/mol. The molecular weight excluding hydrogens is 586 g/mol. The highest BCUT2D eigenvalue weighted by Crippen LogP contribution is 2.44. The molecule has 4 aromatic carbocycles. The van der Waals surface area contributed by atoms with Gasteiger partial charge in [0.1, 0.15) is 42.2 Å². The molecule has 1 aliphatic carbocycles. The quantitative estimate of drug-likeness (QED) is 0.143. The fourth-order valence-electron chi connectivity index (χ4n) is 5.27. The molecule has 0 aliphatic heterocycles. The molecule has 5 nitrogen and oxygen atoms in total. The van der Waals surface area contributed by atoms with Gasteiger partial charge in [0, 0.05) is 40.9 Å². The molecule has 1 amide bonds. The second kappa shape index (κ2) is 13.8. The molecule has 0 fully saturated rings. The fraction of sp³-hybridized carbons (Fsp3) is 0.222.